The normalized spacial score (nSPS) is 12.6. The van der Waals surface area contributed by atoms with Crippen molar-refractivity contribution in [2.24, 2.45) is 11.6 Å². The highest BCUT2D eigenvalue weighted by Gasteiger charge is 2.19. The number of hydrogen-bond donors (Lipinski definition) is 2. The highest BCUT2D eigenvalue weighted by molar-refractivity contribution is 9.10. The molecule has 1 aromatic heterocycles. The average molecular weight is 264 g/mol. The predicted molar refractivity (Wildman–Crippen MR) is 55.9 cm³/mol. The quantitative estimate of drug-likeness (QED) is 0.472. The third-order valence-corrected chi connectivity index (χ3v) is 3.28. The fraction of sp³-hybridized carbons (Fsp3) is 0.286. The van der Waals surface area contributed by atoms with Crippen LogP contribution in [0, 0.1) is 0 Å². The van der Waals surface area contributed by atoms with Gasteiger partial charge in [0.2, 0.25) is 0 Å². The summed E-state index contributed by atoms with van der Waals surface area (Å²) >= 11 is 4.71. The van der Waals surface area contributed by atoms with Crippen molar-refractivity contribution in [1.82, 2.24) is 5.01 Å². The van der Waals surface area contributed by atoms with Gasteiger partial charge in [0.1, 0.15) is 6.04 Å². The number of nitrogens with zero attached hydrogens (tertiary/aromatic N) is 1. The Balaban J connectivity index is 2.79. The summed E-state index contributed by atoms with van der Waals surface area (Å²) in [7, 11) is 1.48. The van der Waals surface area contributed by atoms with Crippen molar-refractivity contribution in [3.8, 4) is 0 Å². The highest BCUT2D eigenvalue weighted by atomic mass is 79.9. The summed E-state index contributed by atoms with van der Waals surface area (Å²) in [5.74, 6) is 4.98. The SMILES string of the molecule is CN(N)C(=O)C(N)c1cc(Br)cs1. The molecule has 4 N–H and O–H groups in total. The standard InChI is InChI=1S/C7H10BrN3OS/c1-11(10)7(12)6(9)5-2-4(8)3-13-5/h2-3,6H,9-10H2,1H3. The molecule has 0 spiro atoms. The van der Waals surface area contributed by atoms with Gasteiger partial charge in [-0.3, -0.25) is 9.80 Å². The van der Waals surface area contributed by atoms with Crippen molar-refractivity contribution in [3.63, 3.8) is 0 Å². The number of hydrazine groups is 1. The lowest BCUT2D eigenvalue weighted by atomic mass is 10.2. The summed E-state index contributed by atoms with van der Waals surface area (Å²) in [5.41, 5.74) is 5.67. The van der Waals surface area contributed by atoms with Crippen LogP contribution in [-0.2, 0) is 4.79 Å². The van der Waals surface area contributed by atoms with Crippen molar-refractivity contribution in [2.45, 2.75) is 6.04 Å². The molecular weight excluding hydrogens is 254 g/mol. The molecule has 0 aromatic carbocycles. The lowest BCUT2D eigenvalue weighted by Gasteiger charge is -2.14. The summed E-state index contributed by atoms with van der Waals surface area (Å²) < 4.78 is 0.926. The van der Waals surface area contributed by atoms with Gasteiger partial charge in [-0.1, -0.05) is 0 Å². The first-order chi connectivity index (χ1) is 6.02. The van der Waals surface area contributed by atoms with E-state index in [0.717, 1.165) is 14.4 Å². The van der Waals surface area contributed by atoms with Gasteiger partial charge in [0.05, 0.1) is 0 Å². The van der Waals surface area contributed by atoms with Crippen LogP contribution in [0.4, 0.5) is 0 Å². The van der Waals surface area contributed by atoms with Crippen LogP contribution in [-0.4, -0.2) is 18.0 Å². The van der Waals surface area contributed by atoms with E-state index in [4.69, 9.17) is 11.6 Å². The van der Waals surface area contributed by atoms with E-state index in [9.17, 15) is 4.79 Å². The molecule has 0 bridgehead atoms. The van der Waals surface area contributed by atoms with Gasteiger partial charge in [-0.2, -0.15) is 0 Å². The zero-order valence-corrected chi connectivity index (χ0v) is 9.43. The van der Waals surface area contributed by atoms with Crippen molar-refractivity contribution in [1.29, 1.82) is 0 Å². The maximum absolute atomic E-state index is 11.3. The molecule has 0 saturated heterocycles. The molecule has 13 heavy (non-hydrogen) atoms. The van der Waals surface area contributed by atoms with E-state index in [0.29, 0.717) is 0 Å². The van der Waals surface area contributed by atoms with E-state index >= 15 is 0 Å². The first kappa shape index (κ1) is 10.6. The van der Waals surface area contributed by atoms with Crippen LogP contribution in [0.1, 0.15) is 10.9 Å². The van der Waals surface area contributed by atoms with E-state index in [-0.39, 0.29) is 5.91 Å². The van der Waals surface area contributed by atoms with E-state index in [2.05, 4.69) is 15.9 Å². The third kappa shape index (κ3) is 2.50. The molecule has 1 amide bonds. The Morgan fingerprint density at radius 3 is 2.77 bits per heavy atom. The molecular formula is C7H10BrN3OS. The van der Waals surface area contributed by atoms with Gasteiger partial charge in [0, 0.05) is 21.8 Å². The van der Waals surface area contributed by atoms with Crippen LogP contribution in [0.2, 0.25) is 0 Å². The zero-order chi connectivity index (χ0) is 10.0. The Hall–Kier alpha value is -0.430. The van der Waals surface area contributed by atoms with Gasteiger partial charge < -0.3 is 5.73 Å². The second-order valence-electron chi connectivity index (χ2n) is 2.59. The van der Waals surface area contributed by atoms with Crippen molar-refractivity contribution >= 4 is 33.2 Å². The minimum absolute atomic E-state index is 0.297. The van der Waals surface area contributed by atoms with Gasteiger partial charge >= 0.3 is 0 Å². The number of hydrogen-bond acceptors (Lipinski definition) is 4. The largest absolute Gasteiger partial charge is 0.315 e. The van der Waals surface area contributed by atoms with Gasteiger partial charge in [-0.25, -0.2) is 5.84 Å². The van der Waals surface area contributed by atoms with Gasteiger partial charge in [-0.05, 0) is 22.0 Å². The van der Waals surface area contributed by atoms with Crippen molar-refractivity contribution < 1.29 is 4.79 Å². The topological polar surface area (TPSA) is 72.3 Å². The molecule has 6 heteroatoms. The minimum Gasteiger partial charge on any atom is -0.315 e. The molecule has 1 atom stereocenters. The maximum atomic E-state index is 11.3. The van der Waals surface area contributed by atoms with Gasteiger partial charge in [-0.15, -0.1) is 11.3 Å². The Labute approximate surface area is 88.6 Å². The molecule has 0 aliphatic carbocycles. The number of carbonyl (C=O) groups is 1. The number of nitrogens with two attached hydrogens (primary N) is 2. The van der Waals surface area contributed by atoms with Gasteiger partial charge in [0.25, 0.3) is 5.91 Å². The van der Waals surface area contributed by atoms with Crippen LogP contribution in [0.25, 0.3) is 0 Å². The second-order valence-corrected chi connectivity index (χ2v) is 4.45. The van der Waals surface area contributed by atoms with E-state index < -0.39 is 6.04 Å². The molecule has 1 rings (SSSR count). The fourth-order valence-electron chi connectivity index (χ4n) is 0.832. The Morgan fingerprint density at radius 2 is 2.38 bits per heavy atom. The summed E-state index contributed by atoms with van der Waals surface area (Å²) in [6, 6.07) is 1.16. The zero-order valence-electron chi connectivity index (χ0n) is 7.03. The van der Waals surface area contributed by atoms with Crippen LogP contribution in [0.3, 0.4) is 0 Å². The first-order valence-electron chi connectivity index (χ1n) is 3.54. The molecule has 0 aliphatic heterocycles. The van der Waals surface area contributed by atoms with Crippen LogP contribution >= 0.6 is 27.3 Å². The summed E-state index contributed by atoms with van der Waals surface area (Å²) in [5, 5.41) is 2.87. The minimum atomic E-state index is -0.661. The number of thiophene rings is 1. The molecule has 4 nitrogen and oxygen atoms in total. The highest BCUT2D eigenvalue weighted by Crippen LogP contribution is 2.24. The first-order valence-corrected chi connectivity index (χ1v) is 5.21. The van der Waals surface area contributed by atoms with Crippen LogP contribution in [0.15, 0.2) is 15.9 Å². The molecule has 0 fully saturated rings. The molecule has 0 saturated carbocycles. The molecule has 1 aromatic rings. The van der Waals surface area contributed by atoms with Gasteiger partial charge in [0.15, 0.2) is 0 Å². The van der Waals surface area contributed by atoms with E-state index in [1.54, 1.807) is 0 Å². The number of halogens is 1. The van der Waals surface area contributed by atoms with E-state index in [1.807, 2.05) is 11.4 Å². The summed E-state index contributed by atoms with van der Waals surface area (Å²) in [4.78, 5) is 12.1. The Morgan fingerprint density at radius 1 is 1.77 bits per heavy atom. The predicted octanol–water partition coefficient (Wildman–Crippen LogP) is 0.843. The number of carbonyl (C=O) groups excluding carboxylic acids is 1. The van der Waals surface area contributed by atoms with Crippen molar-refractivity contribution in [3.05, 3.63) is 20.8 Å². The smallest absolute Gasteiger partial charge is 0.258 e. The number of likely N-dealkylation sites (N-methyl/N-ethyl adjacent to an activating group) is 1. The van der Waals surface area contributed by atoms with Crippen molar-refractivity contribution in [2.75, 3.05) is 7.05 Å². The fourth-order valence-corrected chi connectivity index (χ4v) is 2.27. The summed E-state index contributed by atoms with van der Waals surface area (Å²) in [6.07, 6.45) is 0. The number of amides is 1. The molecule has 0 radical (unpaired) electrons. The third-order valence-electron chi connectivity index (χ3n) is 1.51. The number of rotatable bonds is 2. The Bertz CT molecular complexity index is 312. The Kier molecular flexibility index (Phi) is 3.43. The molecule has 0 aliphatic rings. The summed E-state index contributed by atoms with van der Waals surface area (Å²) in [6.45, 7) is 0. The molecule has 72 valence electrons. The molecule has 1 unspecified atom stereocenters. The maximum Gasteiger partial charge on any atom is 0.258 e. The average Bonchev–Trinajstić information content (AvgIpc) is 2.49. The molecule has 1 heterocycles. The van der Waals surface area contributed by atoms with Crippen LogP contribution in [0.5, 0.6) is 0 Å². The monoisotopic (exact) mass is 263 g/mol. The van der Waals surface area contributed by atoms with E-state index in [1.165, 1.54) is 18.4 Å². The van der Waals surface area contributed by atoms with Crippen LogP contribution < -0.4 is 11.6 Å². The lowest BCUT2D eigenvalue weighted by Crippen LogP contribution is -2.39. The second kappa shape index (κ2) is 4.19. The lowest BCUT2D eigenvalue weighted by molar-refractivity contribution is -0.131.